The fraction of sp³-hybridized carbons (Fsp3) is 0.200. The van der Waals surface area contributed by atoms with Crippen molar-refractivity contribution in [3.8, 4) is 5.75 Å². The van der Waals surface area contributed by atoms with E-state index in [-0.39, 0.29) is 27.7 Å². The Hall–Kier alpha value is -2.93. The standard InChI is InChI=1S/C20H17ClF2N2O3/c1-9(19(27)24-3)15-10(2)25(20(28)11-5-4-6-12(21)7-11)14-8-13(22)18(26)17(23)16(14)15/h4-9,26H,1-3H3,(H,24,27)/t9-/m0/s1. The first-order chi connectivity index (χ1) is 13.2. The second kappa shape index (κ2) is 7.24. The molecule has 8 heteroatoms. The average Bonchev–Trinajstić information content (AvgIpc) is 2.96. The predicted octanol–water partition coefficient (Wildman–Crippen LogP) is 4.12. The molecule has 146 valence electrons. The van der Waals surface area contributed by atoms with Crippen molar-refractivity contribution in [2.24, 2.45) is 0 Å². The number of nitrogens with zero attached hydrogens (tertiary/aromatic N) is 1. The van der Waals surface area contributed by atoms with Crippen LogP contribution >= 0.6 is 11.6 Å². The molecule has 0 saturated heterocycles. The van der Waals surface area contributed by atoms with Crippen molar-refractivity contribution in [1.29, 1.82) is 0 Å². The Balaban J connectivity index is 2.39. The van der Waals surface area contributed by atoms with E-state index in [0.29, 0.717) is 5.02 Å². The molecule has 5 nitrogen and oxygen atoms in total. The van der Waals surface area contributed by atoms with E-state index in [1.54, 1.807) is 12.1 Å². The van der Waals surface area contributed by atoms with Crippen LogP contribution in [-0.4, -0.2) is 28.5 Å². The number of phenols is 1. The first-order valence-corrected chi connectivity index (χ1v) is 8.80. The Kier molecular flexibility index (Phi) is 5.12. The van der Waals surface area contributed by atoms with Gasteiger partial charge < -0.3 is 10.4 Å². The van der Waals surface area contributed by atoms with Gasteiger partial charge >= 0.3 is 0 Å². The summed E-state index contributed by atoms with van der Waals surface area (Å²) in [7, 11) is 1.43. The van der Waals surface area contributed by atoms with Gasteiger partial charge in [0.1, 0.15) is 0 Å². The van der Waals surface area contributed by atoms with Crippen molar-refractivity contribution in [2.45, 2.75) is 19.8 Å². The lowest BCUT2D eigenvalue weighted by Crippen LogP contribution is -2.24. The molecule has 1 aromatic heterocycles. The number of aromatic hydroxyl groups is 1. The van der Waals surface area contributed by atoms with Crippen molar-refractivity contribution in [1.82, 2.24) is 9.88 Å². The summed E-state index contributed by atoms with van der Waals surface area (Å²) in [6.07, 6.45) is 0. The molecule has 0 saturated carbocycles. The van der Waals surface area contributed by atoms with Crippen LogP contribution in [0.15, 0.2) is 30.3 Å². The number of rotatable bonds is 3. The molecule has 0 bridgehead atoms. The van der Waals surface area contributed by atoms with Gasteiger partial charge in [-0.3, -0.25) is 14.2 Å². The van der Waals surface area contributed by atoms with Crippen molar-refractivity contribution >= 4 is 34.3 Å². The van der Waals surface area contributed by atoms with E-state index >= 15 is 0 Å². The van der Waals surface area contributed by atoms with Crippen LogP contribution < -0.4 is 5.32 Å². The summed E-state index contributed by atoms with van der Waals surface area (Å²) in [5.41, 5.74) is 0.582. The van der Waals surface area contributed by atoms with E-state index in [9.17, 15) is 23.5 Å². The van der Waals surface area contributed by atoms with Gasteiger partial charge in [-0.15, -0.1) is 0 Å². The third-order valence-corrected chi connectivity index (χ3v) is 4.99. The van der Waals surface area contributed by atoms with Crippen LogP contribution in [0.4, 0.5) is 8.78 Å². The minimum absolute atomic E-state index is 0.0824. The van der Waals surface area contributed by atoms with Crippen molar-refractivity contribution in [2.75, 3.05) is 7.05 Å². The quantitative estimate of drug-likeness (QED) is 0.687. The van der Waals surface area contributed by atoms with E-state index in [2.05, 4.69) is 5.32 Å². The lowest BCUT2D eigenvalue weighted by atomic mass is 9.96. The number of halogens is 3. The molecule has 0 radical (unpaired) electrons. The number of phenolic OH excluding ortho intramolecular Hbond substituents is 1. The number of amides is 1. The number of hydrogen-bond acceptors (Lipinski definition) is 3. The second-order valence-electron chi connectivity index (χ2n) is 6.40. The van der Waals surface area contributed by atoms with Crippen LogP contribution in [0, 0.1) is 18.6 Å². The number of likely N-dealkylation sites (N-methyl/N-ethyl adjacent to an activating group) is 1. The summed E-state index contributed by atoms with van der Waals surface area (Å²) in [5.74, 6) is -5.42. The van der Waals surface area contributed by atoms with Crippen molar-refractivity contribution < 1.29 is 23.5 Å². The van der Waals surface area contributed by atoms with E-state index < -0.39 is 35.1 Å². The van der Waals surface area contributed by atoms with Gasteiger partial charge in [-0.1, -0.05) is 17.7 Å². The van der Waals surface area contributed by atoms with Crippen molar-refractivity contribution in [3.05, 3.63) is 63.8 Å². The van der Waals surface area contributed by atoms with E-state index in [1.165, 1.54) is 33.0 Å². The molecule has 2 aromatic carbocycles. The van der Waals surface area contributed by atoms with Gasteiger partial charge in [-0.2, -0.15) is 0 Å². The molecule has 0 aliphatic carbocycles. The van der Waals surface area contributed by atoms with Crippen LogP contribution in [0.3, 0.4) is 0 Å². The Labute approximate surface area is 164 Å². The summed E-state index contributed by atoms with van der Waals surface area (Å²) < 4.78 is 30.0. The molecular formula is C20H17ClF2N2O3. The molecule has 0 fully saturated rings. The topological polar surface area (TPSA) is 71.3 Å². The molecule has 28 heavy (non-hydrogen) atoms. The Morgan fingerprint density at radius 3 is 2.54 bits per heavy atom. The minimum atomic E-state index is -1.22. The van der Waals surface area contributed by atoms with Crippen LogP contribution in [0.1, 0.15) is 34.5 Å². The minimum Gasteiger partial charge on any atom is -0.503 e. The first kappa shape index (κ1) is 19.8. The molecule has 3 aromatic rings. The predicted molar refractivity (Wildman–Crippen MR) is 102 cm³/mol. The van der Waals surface area contributed by atoms with Gasteiger partial charge in [0.25, 0.3) is 5.91 Å². The molecule has 1 heterocycles. The number of hydrogen-bond donors (Lipinski definition) is 2. The van der Waals surface area contributed by atoms with E-state index in [1.807, 2.05) is 0 Å². The van der Waals surface area contributed by atoms with E-state index in [0.717, 1.165) is 10.6 Å². The van der Waals surface area contributed by atoms with Gasteiger partial charge in [0.2, 0.25) is 5.91 Å². The average molecular weight is 407 g/mol. The zero-order chi connectivity index (χ0) is 20.7. The maximum absolute atomic E-state index is 14.8. The van der Waals surface area contributed by atoms with Gasteiger partial charge in [0.15, 0.2) is 17.4 Å². The number of carbonyl (C=O) groups excluding carboxylic acids is 2. The number of nitrogens with one attached hydrogen (secondary N) is 1. The van der Waals surface area contributed by atoms with Crippen LogP contribution in [-0.2, 0) is 4.79 Å². The SMILES string of the molecule is CNC(=O)[C@@H](C)c1c(C)n(C(=O)c2cccc(Cl)c2)c2cc(F)c(O)c(F)c12. The molecule has 0 aliphatic rings. The molecule has 2 N–H and O–H groups in total. The molecular weight excluding hydrogens is 390 g/mol. The van der Waals surface area contributed by atoms with Crippen LogP contribution in [0.2, 0.25) is 5.02 Å². The Morgan fingerprint density at radius 2 is 1.93 bits per heavy atom. The van der Waals surface area contributed by atoms with Gasteiger partial charge in [0, 0.05) is 34.8 Å². The lowest BCUT2D eigenvalue weighted by Gasteiger charge is -2.12. The summed E-state index contributed by atoms with van der Waals surface area (Å²) in [6.45, 7) is 3.07. The van der Waals surface area contributed by atoms with E-state index in [4.69, 9.17) is 11.6 Å². The zero-order valence-corrected chi connectivity index (χ0v) is 16.1. The van der Waals surface area contributed by atoms with Gasteiger partial charge in [-0.05, 0) is 37.6 Å². The van der Waals surface area contributed by atoms with Crippen LogP contribution in [0.25, 0.3) is 10.9 Å². The molecule has 1 amide bonds. The Morgan fingerprint density at radius 1 is 1.25 bits per heavy atom. The summed E-state index contributed by atoms with van der Waals surface area (Å²) >= 11 is 5.95. The maximum Gasteiger partial charge on any atom is 0.262 e. The van der Waals surface area contributed by atoms with Crippen LogP contribution in [0.5, 0.6) is 5.75 Å². The summed E-state index contributed by atoms with van der Waals surface area (Å²) in [4.78, 5) is 25.3. The Bertz CT molecular complexity index is 1120. The second-order valence-corrected chi connectivity index (χ2v) is 6.84. The summed E-state index contributed by atoms with van der Waals surface area (Å²) in [6, 6.07) is 7.01. The normalized spacial score (nSPS) is 12.2. The smallest absolute Gasteiger partial charge is 0.262 e. The third-order valence-electron chi connectivity index (χ3n) is 4.76. The molecule has 1 atom stereocenters. The maximum atomic E-state index is 14.8. The summed E-state index contributed by atoms with van der Waals surface area (Å²) in [5, 5.41) is 12.4. The highest BCUT2D eigenvalue weighted by molar-refractivity contribution is 6.31. The van der Waals surface area contributed by atoms with Gasteiger partial charge in [-0.25, -0.2) is 8.78 Å². The van der Waals surface area contributed by atoms with Crippen molar-refractivity contribution in [3.63, 3.8) is 0 Å². The zero-order valence-electron chi connectivity index (χ0n) is 15.3. The first-order valence-electron chi connectivity index (χ1n) is 8.42. The molecule has 0 spiro atoms. The highest BCUT2D eigenvalue weighted by Crippen LogP contribution is 2.38. The van der Waals surface area contributed by atoms with Gasteiger partial charge in [0.05, 0.1) is 11.4 Å². The largest absolute Gasteiger partial charge is 0.503 e. The molecule has 0 aliphatic heterocycles. The highest BCUT2D eigenvalue weighted by Gasteiger charge is 2.30. The fourth-order valence-corrected chi connectivity index (χ4v) is 3.59. The number of benzene rings is 2. The number of carbonyl (C=O) groups is 2. The molecule has 0 unspecified atom stereocenters. The lowest BCUT2D eigenvalue weighted by molar-refractivity contribution is -0.121. The molecule has 3 rings (SSSR count). The monoisotopic (exact) mass is 406 g/mol. The fourth-order valence-electron chi connectivity index (χ4n) is 3.40. The number of fused-ring (bicyclic) bond motifs is 1. The highest BCUT2D eigenvalue weighted by atomic mass is 35.5. The number of aromatic nitrogens is 1. The third kappa shape index (κ3) is 3.01.